The van der Waals surface area contributed by atoms with Gasteiger partial charge in [-0.05, 0) is 12.3 Å². The van der Waals surface area contributed by atoms with Crippen LogP contribution in [0.4, 0.5) is 0 Å². The van der Waals surface area contributed by atoms with Crippen molar-refractivity contribution in [2.24, 2.45) is 5.92 Å². The summed E-state index contributed by atoms with van der Waals surface area (Å²) in [4.78, 5) is 11.3. The molecule has 0 saturated carbocycles. The Labute approximate surface area is 80.1 Å². The van der Waals surface area contributed by atoms with Crippen LogP contribution in [0.25, 0.3) is 0 Å². The summed E-state index contributed by atoms with van der Waals surface area (Å²) in [5.41, 5.74) is 0. The van der Waals surface area contributed by atoms with Crippen LogP contribution in [0.3, 0.4) is 0 Å². The van der Waals surface area contributed by atoms with E-state index in [9.17, 15) is 4.79 Å². The average molecular weight is 182 g/mol. The molecule has 3 heteroatoms. The first-order valence-electron chi connectivity index (χ1n) is 4.76. The Morgan fingerprint density at radius 1 is 1.54 bits per heavy atom. The molecule has 0 bridgehead atoms. The molecule has 0 aliphatic heterocycles. The van der Waals surface area contributed by atoms with Gasteiger partial charge in [0, 0.05) is 12.5 Å². The number of carbonyl (C=O) groups excluding carboxylic acids is 1. The van der Waals surface area contributed by atoms with Crippen LogP contribution in [-0.4, -0.2) is 11.9 Å². The van der Waals surface area contributed by atoms with E-state index in [1.165, 1.54) is 0 Å². The lowest BCUT2D eigenvalue weighted by Crippen LogP contribution is -2.34. The lowest BCUT2D eigenvalue weighted by atomic mass is 10.1. The van der Waals surface area contributed by atoms with E-state index in [0.717, 1.165) is 6.42 Å². The molecule has 0 aliphatic carbocycles. The molecular formula is C10H18N2O. The van der Waals surface area contributed by atoms with Crippen molar-refractivity contribution in [2.45, 2.75) is 46.1 Å². The normalized spacial score (nSPS) is 12.2. The van der Waals surface area contributed by atoms with E-state index in [2.05, 4.69) is 11.4 Å². The van der Waals surface area contributed by atoms with Gasteiger partial charge in [-0.15, -0.1) is 0 Å². The van der Waals surface area contributed by atoms with Gasteiger partial charge in [0.25, 0.3) is 0 Å². The average Bonchev–Trinajstić information content (AvgIpc) is 2.02. The quantitative estimate of drug-likeness (QED) is 0.705. The molecule has 0 aliphatic rings. The Morgan fingerprint density at radius 3 is 2.54 bits per heavy atom. The fraction of sp³-hybridized carbons (Fsp3) is 0.800. The van der Waals surface area contributed by atoms with Gasteiger partial charge in [0.05, 0.1) is 12.5 Å². The van der Waals surface area contributed by atoms with Crippen LogP contribution >= 0.6 is 0 Å². The highest BCUT2D eigenvalue weighted by atomic mass is 16.1. The van der Waals surface area contributed by atoms with E-state index in [4.69, 9.17) is 5.26 Å². The standard InChI is InChI=1S/C10H18N2O/c1-4-9(5-6-11)12-10(13)7-8(2)3/h8-9H,4-5,7H2,1-3H3,(H,12,13). The fourth-order valence-electron chi connectivity index (χ4n) is 1.07. The summed E-state index contributed by atoms with van der Waals surface area (Å²) < 4.78 is 0. The first-order chi connectivity index (χ1) is 6.10. The number of rotatable bonds is 5. The van der Waals surface area contributed by atoms with E-state index >= 15 is 0 Å². The summed E-state index contributed by atoms with van der Waals surface area (Å²) in [5, 5.41) is 11.3. The summed E-state index contributed by atoms with van der Waals surface area (Å²) in [6, 6.07) is 2.09. The number of hydrogen-bond donors (Lipinski definition) is 1. The van der Waals surface area contributed by atoms with Crippen LogP contribution in [0.5, 0.6) is 0 Å². The molecule has 1 unspecified atom stereocenters. The first kappa shape index (κ1) is 12.0. The molecular weight excluding hydrogens is 164 g/mol. The minimum atomic E-state index is 0.0243. The van der Waals surface area contributed by atoms with E-state index in [0.29, 0.717) is 18.8 Å². The van der Waals surface area contributed by atoms with Crippen LogP contribution < -0.4 is 5.32 Å². The smallest absolute Gasteiger partial charge is 0.220 e. The first-order valence-corrected chi connectivity index (χ1v) is 4.76. The minimum absolute atomic E-state index is 0.0243. The van der Waals surface area contributed by atoms with Crippen LogP contribution in [0.1, 0.15) is 40.0 Å². The molecule has 1 amide bonds. The predicted molar refractivity (Wildman–Crippen MR) is 51.9 cm³/mol. The summed E-state index contributed by atoms with van der Waals surface area (Å²) in [6.07, 6.45) is 1.76. The molecule has 13 heavy (non-hydrogen) atoms. The second-order valence-electron chi connectivity index (χ2n) is 3.63. The maximum absolute atomic E-state index is 11.3. The van der Waals surface area contributed by atoms with Crippen LogP contribution in [0.2, 0.25) is 0 Å². The molecule has 74 valence electrons. The van der Waals surface area contributed by atoms with Gasteiger partial charge in [0.2, 0.25) is 5.91 Å². The zero-order valence-electron chi connectivity index (χ0n) is 8.63. The molecule has 0 saturated heterocycles. The molecule has 1 atom stereocenters. The van der Waals surface area contributed by atoms with Crippen molar-refractivity contribution in [2.75, 3.05) is 0 Å². The Balaban J connectivity index is 3.81. The maximum atomic E-state index is 11.3. The molecule has 0 aromatic carbocycles. The van der Waals surface area contributed by atoms with Gasteiger partial charge < -0.3 is 5.32 Å². The summed E-state index contributed by atoms with van der Waals surface area (Å²) in [5.74, 6) is 0.427. The van der Waals surface area contributed by atoms with Crippen molar-refractivity contribution in [3.8, 4) is 6.07 Å². The predicted octanol–water partition coefficient (Wildman–Crippen LogP) is 1.84. The highest BCUT2D eigenvalue weighted by molar-refractivity contribution is 5.76. The van der Waals surface area contributed by atoms with Gasteiger partial charge in [0.1, 0.15) is 0 Å². The van der Waals surface area contributed by atoms with Crippen molar-refractivity contribution >= 4 is 5.91 Å². The summed E-state index contributed by atoms with van der Waals surface area (Å²) >= 11 is 0. The highest BCUT2D eigenvalue weighted by Crippen LogP contribution is 2.01. The topological polar surface area (TPSA) is 52.9 Å². The molecule has 0 rings (SSSR count). The summed E-state index contributed by atoms with van der Waals surface area (Å²) in [6.45, 7) is 5.98. The Bertz CT molecular complexity index is 194. The molecule has 0 fully saturated rings. The molecule has 0 aromatic heterocycles. The molecule has 1 N–H and O–H groups in total. The van der Waals surface area contributed by atoms with Gasteiger partial charge in [0.15, 0.2) is 0 Å². The Hall–Kier alpha value is -1.04. The van der Waals surface area contributed by atoms with E-state index in [1.54, 1.807) is 0 Å². The van der Waals surface area contributed by atoms with Crippen molar-refractivity contribution in [3.05, 3.63) is 0 Å². The van der Waals surface area contributed by atoms with Gasteiger partial charge in [-0.2, -0.15) is 5.26 Å². The lowest BCUT2D eigenvalue weighted by Gasteiger charge is -2.14. The molecule has 3 nitrogen and oxygen atoms in total. The van der Waals surface area contributed by atoms with Gasteiger partial charge >= 0.3 is 0 Å². The van der Waals surface area contributed by atoms with Crippen LogP contribution in [0.15, 0.2) is 0 Å². The van der Waals surface area contributed by atoms with Gasteiger partial charge in [-0.25, -0.2) is 0 Å². The van der Waals surface area contributed by atoms with E-state index in [-0.39, 0.29) is 11.9 Å². The van der Waals surface area contributed by atoms with Gasteiger partial charge in [-0.3, -0.25) is 4.79 Å². The Morgan fingerprint density at radius 2 is 2.15 bits per heavy atom. The lowest BCUT2D eigenvalue weighted by molar-refractivity contribution is -0.122. The number of amides is 1. The number of nitrogens with zero attached hydrogens (tertiary/aromatic N) is 1. The van der Waals surface area contributed by atoms with E-state index in [1.807, 2.05) is 20.8 Å². The number of nitrogens with one attached hydrogen (secondary N) is 1. The second-order valence-corrected chi connectivity index (χ2v) is 3.63. The fourth-order valence-corrected chi connectivity index (χ4v) is 1.07. The van der Waals surface area contributed by atoms with Crippen molar-refractivity contribution in [1.29, 1.82) is 5.26 Å². The van der Waals surface area contributed by atoms with Crippen molar-refractivity contribution in [1.82, 2.24) is 5.32 Å². The van der Waals surface area contributed by atoms with Crippen LogP contribution in [0, 0.1) is 17.2 Å². The number of carbonyl (C=O) groups is 1. The largest absolute Gasteiger partial charge is 0.352 e. The second kappa shape index (κ2) is 6.47. The van der Waals surface area contributed by atoms with E-state index < -0.39 is 0 Å². The zero-order chi connectivity index (χ0) is 10.3. The maximum Gasteiger partial charge on any atom is 0.220 e. The molecule has 0 radical (unpaired) electrons. The number of nitriles is 1. The highest BCUT2D eigenvalue weighted by Gasteiger charge is 2.10. The minimum Gasteiger partial charge on any atom is -0.352 e. The SMILES string of the molecule is CCC(CC#N)NC(=O)CC(C)C. The summed E-state index contributed by atoms with van der Waals surface area (Å²) in [7, 11) is 0. The van der Waals surface area contributed by atoms with Crippen LogP contribution in [-0.2, 0) is 4.79 Å². The molecule has 0 heterocycles. The van der Waals surface area contributed by atoms with Crippen molar-refractivity contribution in [3.63, 3.8) is 0 Å². The molecule has 0 aromatic rings. The third kappa shape index (κ3) is 6.15. The molecule has 0 spiro atoms. The van der Waals surface area contributed by atoms with Crippen molar-refractivity contribution < 1.29 is 4.79 Å². The number of hydrogen-bond acceptors (Lipinski definition) is 2. The third-order valence-electron chi connectivity index (χ3n) is 1.79. The third-order valence-corrected chi connectivity index (χ3v) is 1.79. The monoisotopic (exact) mass is 182 g/mol. The van der Waals surface area contributed by atoms with Gasteiger partial charge in [-0.1, -0.05) is 20.8 Å². The zero-order valence-corrected chi connectivity index (χ0v) is 8.63. The Kier molecular flexibility index (Phi) is 5.96.